The molecule has 2 aliphatic rings. The Kier molecular flexibility index (Phi) is 5.72. The van der Waals surface area contributed by atoms with E-state index in [1.807, 2.05) is 36.9 Å². The average molecular weight is 397 g/mol. The Morgan fingerprint density at radius 1 is 1.10 bits per heavy atom. The number of hydrogen-bond donors (Lipinski definition) is 1. The second-order valence-corrected chi connectivity index (χ2v) is 9.02. The van der Waals surface area contributed by atoms with Crippen molar-refractivity contribution >= 4 is 22.6 Å². The first-order valence-electron chi connectivity index (χ1n) is 10.9. The molecule has 2 atom stereocenters. The number of nitrogens with zero attached hydrogens (tertiary/aromatic N) is 4. The van der Waals surface area contributed by atoms with Gasteiger partial charge in [0.05, 0.1) is 5.52 Å². The van der Waals surface area contributed by atoms with Crippen molar-refractivity contribution in [1.29, 1.82) is 0 Å². The molecule has 0 aliphatic carbocycles. The first-order chi connectivity index (χ1) is 14.0. The Morgan fingerprint density at radius 2 is 1.86 bits per heavy atom. The van der Waals surface area contributed by atoms with Crippen LogP contribution >= 0.6 is 0 Å². The standard InChI is InChI=1S/C23H32N4O2/c1-17(2)15-20(28)22(29)26-12-5-9-23(11-14-26)10-6-13-27(23)21-18-7-3-4-8-19(18)24-16-25-21/h3-4,7-8,16-17,20,28H,5-6,9-15H2,1-2H3/t20-,23-/m1/s1. The summed E-state index contributed by atoms with van der Waals surface area (Å²) in [5.41, 5.74) is 1.01. The Hall–Kier alpha value is -2.21. The highest BCUT2D eigenvalue weighted by atomic mass is 16.3. The van der Waals surface area contributed by atoms with Crippen LogP contribution in [0.4, 0.5) is 5.82 Å². The number of para-hydroxylation sites is 1. The summed E-state index contributed by atoms with van der Waals surface area (Å²) in [5.74, 6) is 1.23. The average Bonchev–Trinajstić information content (AvgIpc) is 2.99. The molecule has 3 heterocycles. The van der Waals surface area contributed by atoms with Gasteiger partial charge in [-0.3, -0.25) is 4.79 Å². The number of hydrogen-bond acceptors (Lipinski definition) is 5. The molecule has 1 spiro atoms. The molecule has 1 amide bonds. The summed E-state index contributed by atoms with van der Waals surface area (Å²) in [4.78, 5) is 26.2. The number of benzene rings is 1. The number of anilines is 1. The molecule has 0 radical (unpaired) electrons. The van der Waals surface area contributed by atoms with Crippen LogP contribution in [0.2, 0.25) is 0 Å². The van der Waals surface area contributed by atoms with Gasteiger partial charge in [0.2, 0.25) is 0 Å². The summed E-state index contributed by atoms with van der Waals surface area (Å²) in [7, 11) is 0. The van der Waals surface area contributed by atoms with Crippen LogP contribution in [-0.2, 0) is 4.79 Å². The minimum Gasteiger partial charge on any atom is -0.383 e. The smallest absolute Gasteiger partial charge is 0.251 e. The van der Waals surface area contributed by atoms with Crippen LogP contribution in [0.1, 0.15) is 52.4 Å². The Labute approximate surface area is 172 Å². The van der Waals surface area contributed by atoms with Crippen LogP contribution in [-0.4, -0.2) is 57.2 Å². The fraction of sp³-hybridized carbons (Fsp3) is 0.609. The molecule has 156 valence electrons. The van der Waals surface area contributed by atoms with E-state index in [0.717, 1.165) is 61.9 Å². The quantitative estimate of drug-likeness (QED) is 0.858. The largest absolute Gasteiger partial charge is 0.383 e. The third-order valence-electron chi connectivity index (χ3n) is 6.58. The molecular weight excluding hydrogens is 364 g/mol. The summed E-state index contributed by atoms with van der Waals surface area (Å²) in [6.45, 7) is 6.50. The summed E-state index contributed by atoms with van der Waals surface area (Å²) < 4.78 is 0. The highest BCUT2D eigenvalue weighted by Crippen LogP contribution is 2.42. The number of rotatable bonds is 4. The summed E-state index contributed by atoms with van der Waals surface area (Å²) in [6, 6.07) is 8.19. The molecule has 2 saturated heterocycles. The van der Waals surface area contributed by atoms with E-state index in [-0.39, 0.29) is 11.4 Å². The highest BCUT2D eigenvalue weighted by Gasteiger charge is 2.43. The van der Waals surface area contributed by atoms with Crippen LogP contribution in [0.3, 0.4) is 0 Å². The van der Waals surface area contributed by atoms with Gasteiger partial charge in [-0.25, -0.2) is 9.97 Å². The normalized spacial score (nSPS) is 23.7. The number of aliphatic hydroxyl groups is 1. The SMILES string of the molecule is CC(C)C[C@@H](O)C(=O)N1CCC[C@@]2(CCCN2c2ncnc3ccccc23)CC1. The Bertz CT molecular complexity index is 866. The first-order valence-corrected chi connectivity index (χ1v) is 10.9. The number of carbonyl (C=O) groups is 1. The van der Waals surface area contributed by atoms with Gasteiger partial charge in [0.15, 0.2) is 0 Å². The van der Waals surface area contributed by atoms with Crippen molar-refractivity contribution in [2.45, 2.75) is 64.0 Å². The van der Waals surface area contributed by atoms with Crippen molar-refractivity contribution in [3.8, 4) is 0 Å². The molecule has 1 N–H and O–H groups in total. The maximum absolute atomic E-state index is 12.8. The zero-order chi connectivity index (χ0) is 20.4. The number of fused-ring (bicyclic) bond motifs is 1. The third kappa shape index (κ3) is 3.95. The second kappa shape index (κ2) is 8.27. The van der Waals surface area contributed by atoms with Gasteiger partial charge in [-0.2, -0.15) is 0 Å². The molecule has 2 fully saturated rings. The lowest BCUT2D eigenvalue weighted by Gasteiger charge is -2.39. The lowest BCUT2D eigenvalue weighted by atomic mass is 9.87. The van der Waals surface area contributed by atoms with E-state index in [1.165, 1.54) is 0 Å². The Balaban J connectivity index is 1.55. The molecule has 1 aromatic heterocycles. The zero-order valence-corrected chi connectivity index (χ0v) is 17.5. The predicted octanol–water partition coefficient (Wildman–Crippen LogP) is 3.39. The van der Waals surface area contributed by atoms with Crippen LogP contribution < -0.4 is 4.90 Å². The summed E-state index contributed by atoms with van der Waals surface area (Å²) in [5, 5.41) is 11.4. The lowest BCUT2D eigenvalue weighted by Crippen LogP contribution is -2.46. The van der Waals surface area contributed by atoms with Gasteiger partial charge in [0, 0.05) is 30.6 Å². The molecule has 0 saturated carbocycles. The van der Waals surface area contributed by atoms with Gasteiger partial charge in [0.1, 0.15) is 18.2 Å². The molecule has 0 unspecified atom stereocenters. The van der Waals surface area contributed by atoms with Gasteiger partial charge >= 0.3 is 0 Å². The number of likely N-dealkylation sites (tertiary alicyclic amines) is 1. The van der Waals surface area contributed by atoms with Crippen LogP contribution in [0, 0.1) is 5.92 Å². The molecule has 6 nitrogen and oxygen atoms in total. The van der Waals surface area contributed by atoms with Crippen LogP contribution in [0.5, 0.6) is 0 Å². The summed E-state index contributed by atoms with van der Waals surface area (Å²) >= 11 is 0. The van der Waals surface area contributed by atoms with E-state index < -0.39 is 6.10 Å². The minimum atomic E-state index is -0.880. The van der Waals surface area contributed by atoms with Crippen molar-refractivity contribution in [2.24, 2.45) is 5.92 Å². The van der Waals surface area contributed by atoms with E-state index in [9.17, 15) is 9.90 Å². The first kappa shape index (κ1) is 20.1. The molecule has 1 aromatic carbocycles. The number of amides is 1. The van der Waals surface area contributed by atoms with Crippen molar-refractivity contribution < 1.29 is 9.90 Å². The van der Waals surface area contributed by atoms with Crippen molar-refractivity contribution in [3.05, 3.63) is 30.6 Å². The predicted molar refractivity (Wildman–Crippen MR) is 115 cm³/mol. The lowest BCUT2D eigenvalue weighted by molar-refractivity contribution is -0.140. The molecule has 0 bridgehead atoms. The monoisotopic (exact) mass is 396 g/mol. The van der Waals surface area contributed by atoms with Gasteiger partial charge in [-0.05, 0) is 56.6 Å². The van der Waals surface area contributed by atoms with Crippen molar-refractivity contribution in [3.63, 3.8) is 0 Å². The maximum atomic E-state index is 12.8. The fourth-order valence-corrected chi connectivity index (χ4v) is 5.15. The molecule has 29 heavy (non-hydrogen) atoms. The van der Waals surface area contributed by atoms with Crippen LogP contribution in [0.25, 0.3) is 10.9 Å². The van der Waals surface area contributed by atoms with E-state index in [4.69, 9.17) is 0 Å². The molecule has 4 rings (SSSR count). The third-order valence-corrected chi connectivity index (χ3v) is 6.58. The number of carbonyl (C=O) groups excluding carboxylic acids is 1. The maximum Gasteiger partial charge on any atom is 0.251 e. The molecular formula is C23H32N4O2. The number of aliphatic hydroxyl groups excluding tert-OH is 1. The number of aromatic nitrogens is 2. The molecule has 2 aromatic rings. The van der Waals surface area contributed by atoms with Gasteiger partial charge in [0.25, 0.3) is 5.91 Å². The minimum absolute atomic E-state index is 0.0369. The summed E-state index contributed by atoms with van der Waals surface area (Å²) in [6.07, 6.45) is 6.51. The highest BCUT2D eigenvalue weighted by molar-refractivity contribution is 5.89. The van der Waals surface area contributed by atoms with E-state index in [2.05, 4.69) is 20.9 Å². The molecule has 6 heteroatoms. The van der Waals surface area contributed by atoms with Crippen LogP contribution in [0.15, 0.2) is 30.6 Å². The van der Waals surface area contributed by atoms with E-state index >= 15 is 0 Å². The van der Waals surface area contributed by atoms with Gasteiger partial charge in [-0.1, -0.05) is 26.0 Å². The molecule has 2 aliphatic heterocycles. The van der Waals surface area contributed by atoms with E-state index in [1.54, 1.807) is 6.33 Å². The fourth-order valence-electron chi connectivity index (χ4n) is 5.15. The van der Waals surface area contributed by atoms with Gasteiger partial charge in [-0.15, -0.1) is 0 Å². The topological polar surface area (TPSA) is 69.6 Å². The van der Waals surface area contributed by atoms with Gasteiger partial charge < -0.3 is 14.9 Å². The Morgan fingerprint density at radius 3 is 2.66 bits per heavy atom. The second-order valence-electron chi connectivity index (χ2n) is 9.02. The van der Waals surface area contributed by atoms with Crippen molar-refractivity contribution in [1.82, 2.24) is 14.9 Å². The van der Waals surface area contributed by atoms with Crippen molar-refractivity contribution in [2.75, 3.05) is 24.5 Å². The van der Waals surface area contributed by atoms with E-state index in [0.29, 0.717) is 18.9 Å². The zero-order valence-electron chi connectivity index (χ0n) is 17.5.